The Morgan fingerprint density at radius 1 is 1.41 bits per heavy atom. The number of hydrogen-bond donors (Lipinski definition) is 2. The molecule has 0 aliphatic heterocycles. The van der Waals surface area contributed by atoms with E-state index in [9.17, 15) is 4.79 Å². The van der Waals surface area contributed by atoms with Crippen LogP contribution in [0, 0.1) is 0 Å². The molecule has 3 rings (SSSR count). The summed E-state index contributed by atoms with van der Waals surface area (Å²) >= 11 is 0. The Kier molecular flexibility index (Phi) is 3.98. The average molecular weight is 298 g/mol. The van der Waals surface area contributed by atoms with Crippen LogP contribution >= 0.6 is 0 Å². The van der Waals surface area contributed by atoms with Gasteiger partial charge in [-0.25, -0.2) is 4.98 Å². The van der Waals surface area contributed by atoms with Crippen LogP contribution in [0.25, 0.3) is 5.69 Å². The van der Waals surface area contributed by atoms with Crippen LogP contribution in [-0.2, 0) is 4.79 Å². The van der Waals surface area contributed by atoms with E-state index < -0.39 is 5.54 Å². The molecule has 1 amide bonds. The van der Waals surface area contributed by atoms with Crippen molar-refractivity contribution in [3.63, 3.8) is 0 Å². The number of benzene rings is 1. The summed E-state index contributed by atoms with van der Waals surface area (Å²) in [6.07, 6.45) is 9.03. The van der Waals surface area contributed by atoms with E-state index in [1.807, 2.05) is 35.9 Å². The molecule has 1 atom stereocenters. The van der Waals surface area contributed by atoms with Gasteiger partial charge in [-0.15, -0.1) is 0 Å². The zero-order chi connectivity index (χ0) is 15.6. The number of nitrogens with zero attached hydrogens (tertiary/aromatic N) is 2. The third-order valence-corrected chi connectivity index (χ3v) is 4.47. The largest absolute Gasteiger partial charge is 0.348 e. The van der Waals surface area contributed by atoms with Gasteiger partial charge >= 0.3 is 0 Å². The Hall–Kier alpha value is -2.14. The molecule has 2 aromatic rings. The van der Waals surface area contributed by atoms with E-state index in [4.69, 9.17) is 5.73 Å². The number of carbonyl (C=O) groups is 1. The Morgan fingerprint density at radius 3 is 2.86 bits per heavy atom. The van der Waals surface area contributed by atoms with E-state index >= 15 is 0 Å². The van der Waals surface area contributed by atoms with Gasteiger partial charge in [-0.05, 0) is 37.5 Å². The van der Waals surface area contributed by atoms with Gasteiger partial charge in [0.25, 0.3) is 0 Å². The molecular weight excluding hydrogens is 276 g/mol. The molecular formula is C17H22N4O. The Balaban J connectivity index is 1.74. The standard InChI is InChI=1S/C17H22N4O/c1-13(20-16(22)17(18)7-2-3-8-17)14-5-4-6-15(11-14)21-10-9-19-12-21/h4-6,9-13H,2-3,7-8,18H2,1H3,(H,20,22). The fourth-order valence-corrected chi connectivity index (χ4v) is 3.02. The molecule has 0 radical (unpaired) electrons. The van der Waals surface area contributed by atoms with Crippen LogP contribution in [0.1, 0.15) is 44.2 Å². The summed E-state index contributed by atoms with van der Waals surface area (Å²) in [5.41, 5.74) is 7.61. The highest BCUT2D eigenvalue weighted by Gasteiger charge is 2.37. The molecule has 22 heavy (non-hydrogen) atoms. The molecule has 1 fully saturated rings. The topological polar surface area (TPSA) is 72.9 Å². The quantitative estimate of drug-likeness (QED) is 0.910. The van der Waals surface area contributed by atoms with Crippen LogP contribution in [-0.4, -0.2) is 21.0 Å². The van der Waals surface area contributed by atoms with Gasteiger partial charge in [0.15, 0.2) is 0 Å². The summed E-state index contributed by atoms with van der Waals surface area (Å²) in [5, 5.41) is 3.06. The molecule has 0 bridgehead atoms. The second kappa shape index (κ2) is 5.93. The van der Waals surface area contributed by atoms with Crippen LogP contribution in [0.15, 0.2) is 43.0 Å². The lowest BCUT2D eigenvalue weighted by atomic mass is 9.97. The maximum absolute atomic E-state index is 12.4. The van der Waals surface area contributed by atoms with Gasteiger partial charge in [0.05, 0.1) is 17.9 Å². The molecule has 1 saturated carbocycles. The third-order valence-electron chi connectivity index (χ3n) is 4.47. The number of imidazole rings is 1. The first-order chi connectivity index (χ1) is 10.6. The first-order valence-corrected chi connectivity index (χ1v) is 7.77. The number of aromatic nitrogens is 2. The van der Waals surface area contributed by atoms with E-state index in [1.54, 1.807) is 12.5 Å². The summed E-state index contributed by atoms with van der Waals surface area (Å²) in [5.74, 6) is -0.0365. The van der Waals surface area contributed by atoms with Crippen molar-refractivity contribution in [1.29, 1.82) is 0 Å². The molecule has 0 spiro atoms. The van der Waals surface area contributed by atoms with Gasteiger partial charge in [0.2, 0.25) is 5.91 Å². The van der Waals surface area contributed by atoms with Crippen LogP contribution in [0.4, 0.5) is 0 Å². The van der Waals surface area contributed by atoms with Crippen molar-refractivity contribution in [2.24, 2.45) is 5.73 Å². The fraction of sp³-hybridized carbons (Fsp3) is 0.412. The minimum absolute atomic E-state index is 0.0365. The smallest absolute Gasteiger partial charge is 0.240 e. The van der Waals surface area contributed by atoms with E-state index in [2.05, 4.69) is 16.4 Å². The zero-order valence-electron chi connectivity index (χ0n) is 12.8. The second-order valence-electron chi connectivity index (χ2n) is 6.12. The van der Waals surface area contributed by atoms with Crippen LogP contribution in [0.2, 0.25) is 0 Å². The lowest BCUT2D eigenvalue weighted by molar-refractivity contribution is -0.126. The molecule has 1 aliphatic rings. The summed E-state index contributed by atoms with van der Waals surface area (Å²) in [6, 6.07) is 8.01. The summed E-state index contributed by atoms with van der Waals surface area (Å²) in [7, 11) is 0. The minimum atomic E-state index is -0.684. The van der Waals surface area contributed by atoms with Crippen molar-refractivity contribution in [2.45, 2.75) is 44.2 Å². The molecule has 5 heteroatoms. The van der Waals surface area contributed by atoms with Crippen molar-refractivity contribution >= 4 is 5.91 Å². The van der Waals surface area contributed by atoms with Gasteiger partial charge in [-0.1, -0.05) is 25.0 Å². The molecule has 0 saturated heterocycles. The molecule has 116 valence electrons. The Bertz CT molecular complexity index is 644. The third kappa shape index (κ3) is 2.90. The molecule has 1 aromatic heterocycles. The highest BCUT2D eigenvalue weighted by atomic mass is 16.2. The number of carbonyl (C=O) groups excluding carboxylic acids is 1. The van der Waals surface area contributed by atoms with Crippen molar-refractivity contribution < 1.29 is 4.79 Å². The molecule has 1 unspecified atom stereocenters. The molecule has 1 aliphatic carbocycles. The van der Waals surface area contributed by atoms with Gasteiger partial charge in [-0.3, -0.25) is 4.79 Å². The molecule has 3 N–H and O–H groups in total. The van der Waals surface area contributed by atoms with Crippen molar-refractivity contribution in [3.8, 4) is 5.69 Å². The number of hydrogen-bond acceptors (Lipinski definition) is 3. The van der Waals surface area contributed by atoms with E-state index in [0.29, 0.717) is 0 Å². The first kappa shape index (κ1) is 14.8. The van der Waals surface area contributed by atoms with Crippen LogP contribution in [0.5, 0.6) is 0 Å². The Morgan fingerprint density at radius 2 is 2.18 bits per heavy atom. The SMILES string of the molecule is CC(NC(=O)C1(N)CCCC1)c1cccc(-n2ccnc2)c1. The normalized spacial score (nSPS) is 18.1. The minimum Gasteiger partial charge on any atom is -0.348 e. The van der Waals surface area contributed by atoms with Crippen molar-refractivity contribution in [3.05, 3.63) is 48.5 Å². The lowest BCUT2D eigenvalue weighted by Crippen LogP contribution is -2.52. The maximum Gasteiger partial charge on any atom is 0.240 e. The van der Waals surface area contributed by atoms with E-state index in [-0.39, 0.29) is 11.9 Å². The fourth-order valence-electron chi connectivity index (χ4n) is 3.02. The molecule has 5 nitrogen and oxygen atoms in total. The van der Waals surface area contributed by atoms with Gasteiger partial charge in [0, 0.05) is 18.1 Å². The predicted octanol–water partition coefficient (Wildman–Crippen LogP) is 2.32. The zero-order valence-corrected chi connectivity index (χ0v) is 12.8. The first-order valence-electron chi connectivity index (χ1n) is 7.77. The van der Waals surface area contributed by atoms with Crippen LogP contribution < -0.4 is 11.1 Å². The predicted molar refractivity (Wildman–Crippen MR) is 85.5 cm³/mol. The highest BCUT2D eigenvalue weighted by molar-refractivity contribution is 5.86. The van der Waals surface area contributed by atoms with Gasteiger partial charge in [0.1, 0.15) is 0 Å². The number of nitrogens with one attached hydrogen (secondary N) is 1. The average Bonchev–Trinajstić information content (AvgIpc) is 3.19. The number of amides is 1. The van der Waals surface area contributed by atoms with E-state index in [0.717, 1.165) is 36.9 Å². The monoisotopic (exact) mass is 298 g/mol. The van der Waals surface area contributed by atoms with Gasteiger partial charge < -0.3 is 15.6 Å². The van der Waals surface area contributed by atoms with Crippen LogP contribution in [0.3, 0.4) is 0 Å². The van der Waals surface area contributed by atoms with Crippen molar-refractivity contribution in [2.75, 3.05) is 0 Å². The molecule has 1 aromatic carbocycles. The summed E-state index contributed by atoms with van der Waals surface area (Å²) < 4.78 is 1.94. The number of rotatable bonds is 4. The van der Waals surface area contributed by atoms with Crippen molar-refractivity contribution in [1.82, 2.24) is 14.9 Å². The van der Waals surface area contributed by atoms with Gasteiger partial charge in [-0.2, -0.15) is 0 Å². The lowest BCUT2D eigenvalue weighted by Gasteiger charge is -2.25. The van der Waals surface area contributed by atoms with E-state index in [1.165, 1.54) is 0 Å². The molecule has 1 heterocycles. The summed E-state index contributed by atoms with van der Waals surface area (Å²) in [6.45, 7) is 1.99. The second-order valence-corrected chi connectivity index (χ2v) is 6.12. The number of nitrogens with two attached hydrogens (primary N) is 1. The summed E-state index contributed by atoms with van der Waals surface area (Å²) in [4.78, 5) is 16.5. The Labute approximate surface area is 130 Å². The highest BCUT2D eigenvalue weighted by Crippen LogP contribution is 2.28. The maximum atomic E-state index is 12.4.